The number of allylic oxidation sites excluding steroid dienone is 1. The zero-order chi connectivity index (χ0) is 12.1. The Morgan fingerprint density at radius 2 is 2.06 bits per heavy atom. The molecule has 0 spiro atoms. The highest BCUT2D eigenvalue weighted by atomic mass is 79.9. The number of hydrogen-bond donors (Lipinski definition) is 1. The summed E-state index contributed by atoms with van der Waals surface area (Å²) in [7, 11) is 0. The number of hydrogen-bond acceptors (Lipinski definition) is 2. The first-order valence-corrected chi connectivity index (χ1v) is 7.30. The molecule has 1 aromatic carbocycles. The van der Waals surface area contributed by atoms with Crippen LogP contribution in [0.4, 0.5) is 0 Å². The Kier molecular flexibility index (Phi) is 4.34. The Morgan fingerprint density at radius 3 is 2.65 bits per heavy atom. The topological polar surface area (TPSA) is 32.9 Å². The summed E-state index contributed by atoms with van der Waals surface area (Å²) >= 11 is 4.57. The maximum Gasteiger partial charge on any atom is 0.304 e. The van der Waals surface area contributed by atoms with Crippen molar-refractivity contribution in [2.75, 3.05) is 5.33 Å². The highest BCUT2D eigenvalue weighted by Gasteiger charge is 1.99. The summed E-state index contributed by atoms with van der Waals surface area (Å²) in [6.07, 6.45) is 5.26. The average Bonchev–Trinajstić information content (AvgIpc) is 2.77. The fraction of sp³-hybridized carbons (Fsp3) is 0.154. The quantitative estimate of drug-likeness (QED) is 0.854. The summed E-state index contributed by atoms with van der Waals surface area (Å²) < 4.78 is 0. The zero-order valence-corrected chi connectivity index (χ0v) is 11.6. The first-order valence-electron chi connectivity index (χ1n) is 5.30. The largest absolute Gasteiger partial charge is 0.312 e. The summed E-state index contributed by atoms with van der Waals surface area (Å²) in [4.78, 5) is 13.8. The van der Waals surface area contributed by atoms with Gasteiger partial charge in [0.1, 0.15) is 0 Å². The number of halogens is 1. The molecule has 0 fully saturated rings. The first kappa shape index (κ1) is 12.3. The Morgan fingerprint density at radius 1 is 1.29 bits per heavy atom. The lowest BCUT2D eigenvalue weighted by Crippen LogP contribution is -1.92. The van der Waals surface area contributed by atoms with Crippen molar-refractivity contribution < 1.29 is 0 Å². The molecule has 2 aromatic rings. The molecule has 0 amide bonds. The van der Waals surface area contributed by atoms with Gasteiger partial charge < -0.3 is 4.98 Å². The number of aromatic amines is 1. The van der Waals surface area contributed by atoms with E-state index in [1.54, 1.807) is 0 Å². The van der Waals surface area contributed by atoms with Crippen molar-refractivity contribution in [3.8, 4) is 11.3 Å². The number of nitrogens with one attached hydrogen (secondary N) is 1. The molecule has 4 heteroatoms. The molecule has 17 heavy (non-hydrogen) atoms. The SMILES string of the molecule is O=c1[nH]c(-c2ccc(C=CCCBr)cc2)cs1. The molecule has 0 aliphatic heterocycles. The highest BCUT2D eigenvalue weighted by molar-refractivity contribution is 9.09. The summed E-state index contributed by atoms with van der Waals surface area (Å²) in [5.74, 6) is 0. The minimum atomic E-state index is -0.0127. The Balaban J connectivity index is 2.15. The Hall–Kier alpha value is -1.13. The van der Waals surface area contributed by atoms with Gasteiger partial charge in [-0.05, 0) is 17.5 Å². The lowest BCUT2D eigenvalue weighted by molar-refractivity contribution is 1.27. The van der Waals surface area contributed by atoms with E-state index in [-0.39, 0.29) is 4.87 Å². The summed E-state index contributed by atoms with van der Waals surface area (Å²) in [6.45, 7) is 0. The average molecular weight is 310 g/mol. The van der Waals surface area contributed by atoms with Gasteiger partial charge in [-0.3, -0.25) is 4.79 Å². The van der Waals surface area contributed by atoms with Crippen LogP contribution in [-0.2, 0) is 0 Å². The third-order valence-corrected chi connectivity index (χ3v) is 3.46. The van der Waals surface area contributed by atoms with Crippen LogP contribution in [0.5, 0.6) is 0 Å². The number of thiazole rings is 1. The maximum atomic E-state index is 11.1. The molecule has 0 aliphatic rings. The molecule has 0 aliphatic carbocycles. The fourth-order valence-corrected chi connectivity index (χ4v) is 2.33. The molecule has 88 valence electrons. The zero-order valence-electron chi connectivity index (χ0n) is 9.15. The fourth-order valence-electron chi connectivity index (χ4n) is 1.48. The van der Waals surface area contributed by atoms with Crippen molar-refractivity contribution >= 4 is 33.3 Å². The van der Waals surface area contributed by atoms with E-state index in [4.69, 9.17) is 0 Å². The van der Waals surface area contributed by atoms with E-state index >= 15 is 0 Å². The monoisotopic (exact) mass is 309 g/mol. The third-order valence-electron chi connectivity index (χ3n) is 2.33. The Bertz CT molecular complexity index is 553. The van der Waals surface area contributed by atoms with E-state index in [1.807, 2.05) is 17.5 Å². The van der Waals surface area contributed by atoms with Crippen molar-refractivity contribution in [2.24, 2.45) is 0 Å². The number of alkyl halides is 1. The predicted octanol–water partition coefficient (Wildman–Crippen LogP) is 3.90. The second-order valence-electron chi connectivity index (χ2n) is 3.56. The van der Waals surface area contributed by atoms with Crippen molar-refractivity contribution in [3.05, 3.63) is 51.0 Å². The summed E-state index contributed by atoms with van der Waals surface area (Å²) in [5.41, 5.74) is 3.10. The normalized spacial score (nSPS) is 11.1. The van der Waals surface area contributed by atoms with Crippen LogP contribution in [0.2, 0.25) is 0 Å². The van der Waals surface area contributed by atoms with Gasteiger partial charge in [0.15, 0.2) is 0 Å². The number of aromatic nitrogens is 1. The van der Waals surface area contributed by atoms with Gasteiger partial charge in [-0.1, -0.05) is 63.7 Å². The van der Waals surface area contributed by atoms with E-state index in [1.165, 1.54) is 16.9 Å². The second-order valence-corrected chi connectivity index (χ2v) is 5.20. The van der Waals surface area contributed by atoms with Gasteiger partial charge in [0.25, 0.3) is 0 Å². The van der Waals surface area contributed by atoms with Crippen molar-refractivity contribution in [1.82, 2.24) is 4.98 Å². The molecule has 0 saturated carbocycles. The molecule has 1 N–H and O–H groups in total. The minimum absolute atomic E-state index is 0.0127. The number of benzene rings is 1. The van der Waals surface area contributed by atoms with Crippen LogP contribution in [0, 0.1) is 0 Å². The van der Waals surface area contributed by atoms with Crippen LogP contribution in [0.15, 0.2) is 40.5 Å². The maximum absolute atomic E-state index is 11.1. The van der Waals surface area contributed by atoms with E-state index in [9.17, 15) is 4.79 Å². The molecule has 2 nitrogen and oxygen atoms in total. The van der Waals surface area contributed by atoms with E-state index < -0.39 is 0 Å². The standard InChI is InChI=1S/C13H12BrNOS/c14-8-2-1-3-10-4-6-11(7-5-10)12-9-17-13(16)15-12/h1,3-7,9H,2,8H2,(H,15,16). The highest BCUT2D eigenvalue weighted by Crippen LogP contribution is 2.18. The van der Waals surface area contributed by atoms with E-state index in [0.29, 0.717) is 0 Å². The molecule has 1 heterocycles. The van der Waals surface area contributed by atoms with Crippen LogP contribution >= 0.6 is 27.3 Å². The third kappa shape index (κ3) is 3.41. The lowest BCUT2D eigenvalue weighted by Gasteiger charge is -1.98. The molecule has 0 unspecified atom stereocenters. The van der Waals surface area contributed by atoms with Crippen LogP contribution in [0.3, 0.4) is 0 Å². The second kappa shape index (κ2) is 5.98. The van der Waals surface area contributed by atoms with Crippen molar-refractivity contribution in [3.63, 3.8) is 0 Å². The molecule has 0 radical (unpaired) electrons. The number of rotatable bonds is 4. The summed E-state index contributed by atoms with van der Waals surface area (Å²) in [5, 5.41) is 2.83. The number of H-pyrrole nitrogens is 1. The molecule has 0 bridgehead atoms. The van der Waals surface area contributed by atoms with Gasteiger partial charge in [-0.2, -0.15) is 0 Å². The van der Waals surface area contributed by atoms with Crippen LogP contribution in [0.25, 0.3) is 17.3 Å². The minimum Gasteiger partial charge on any atom is -0.312 e. The molecular weight excluding hydrogens is 298 g/mol. The lowest BCUT2D eigenvalue weighted by atomic mass is 10.1. The van der Waals surface area contributed by atoms with Crippen LogP contribution in [0.1, 0.15) is 12.0 Å². The van der Waals surface area contributed by atoms with Gasteiger partial charge in [0.2, 0.25) is 0 Å². The van der Waals surface area contributed by atoms with Gasteiger partial charge in [-0.15, -0.1) is 0 Å². The molecule has 0 atom stereocenters. The molecule has 0 saturated heterocycles. The van der Waals surface area contributed by atoms with Crippen LogP contribution in [-0.4, -0.2) is 10.3 Å². The summed E-state index contributed by atoms with van der Waals surface area (Å²) in [6, 6.07) is 8.14. The van der Waals surface area contributed by atoms with Gasteiger partial charge >= 0.3 is 4.87 Å². The van der Waals surface area contributed by atoms with Gasteiger partial charge in [0, 0.05) is 10.7 Å². The molecule has 1 aromatic heterocycles. The van der Waals surface area contributed by atoms with E-state index in [2.05, 4.69) is 45.2 Å². The van der Waals surface area contributed by atoms with Crippen LogP contribution < -0.4 is 4.87 Å². The van der Waals surface area contributed by atoms with Crippen molar-refractivity contribution in [2.45, 2.75) is 6.42 Å². The van der Waals surface area contributed by atoms with E-state index in [0.717, 1.165) is 23.0 Å². The first-order chi connectivity index (χ1) is 8.29. The van der Waals surface area contributed by atoms with Gasteiger partial charge in [0.05, 0.1) is 5.69 Å². The molecular formula is C13H12BrNOS. The van der Waals surface area contributed by atoms with Crippen molar-refractivity contribution in [1.29, 1.82) is 0 Å². The molecule has 2 rings (SSSR count). The predicted molar refractivity (Wildman–Crippen MR) is 77.8 cm³/mol. The smallest absolute Gasteiger partial charge is 0.304 e. The van der Waals surface area contributed by atoms with Gasteiger partial charge in [-0.25, -0.2) is 0 Å². The Labute approximate surface area is 112 Å².